The van der Waals surface area contributed by atoms with Gasteiger partial charge in [0.15, 0.2) is 5.12 Å². The number of carbonyl (C=O) groups is 2. The van der Waals surface area contributed by atoms with Crippen LogP contribution in [0.3, 0.4) is 0 Å². The van der Waals surface area contributed by atoms with E-state index in [0.29, 0.717) is 17.1 Å². The highest BCUT2D eigenvalue weighted by Crippen LogP contribution is 2.39. The van der Waals surface area contributed by atoms with Crippen molar-refractivity contribution in [1.82, 2.24) is 0 Å². The Morgan fingerprint density at radius 2 is 1.82 bits per heavy atom. The number of ether oxygens (including phenoxy) is 1. The van der Waals surface area contributed by atoms with Gasteiger partial charge >= 0.3 is 13.1 Å². The predicted octanol–water partition coefficient (Wildman–Crippen LogP) is 3.62. The molecule has 1 saturated heterocycles. The van der Waals surface area contributed by atoms with Gasteiger partial charge in [0.25, 0.3) is 0 Å². The maximum absolute atomic E-state index is 11.5. The van der Waals surface area contributed by atoms with E-state index in [-0.39, 0.29) is 11.5 Å². The lowest BCUT2D eigenvalue weighted by molar-refractivity contribution is -0.136. The summed E-state index contributed by atoms with van der Waals surface area (Å²) in [7, 11) is 0.951. The number of hydrogen-bond donors (Lipinski definition) is 1. The molecule has 8 heteroatoms. The molecule has 0 saturated carbocycles. The van der Waals surface area contributed by atoms with Gasteiger partial charge in [-0.1, -0.05) is 23.9 Å². The second kappa shape index (κ2) is 8.72. The molecular formula is C20H27BO6S. The zero-order valence-electron chi connectivity index (χ0n) is 17.2. The molecule has 1 aliphatic heterocycles. The molecule has 28 heavy (non-hydrogen) atoms. The van der Waals surface area contributed by atoms with Crippen LogP contribution >= 0.6 is 11.8 Å². The van der Waals surface area contributed by atoms with E-state index in [9.17, 15) is 9.59 Å². The summed E-state index contributed by atoms with van der Waals surface area (Å²) in [5.74, 6) is 0.104. The molecule has 1 aliphatic rings. The molecule has 0 unspecified atom stereocenters. The van der Waals surface area contributed by atoms with E-state index in [1.165, 1.54) is 18.7 Å². The maximum Gasteiger partial charge on any atom is 0.491 e. The lowest BCUT2D eigenvalue weighted by Gasteiger charge is -2.32. The molecule has 1 fully saturated rings. The van der Waals surface area contributed by atoms with E-state index < -0.39 is 24.3 Å². The zero-order valence-corrected chi connectivity index (χ0v) is 18.0. The third-order valence-electron chi connectivity index (χ3n) is 4.99. The number of carbonyl (C=O) groups excluding carboxylic acids is 1. The quantitative estimate of drug-likeness (QED) is 0.693. The van der Waals surface area contributed by atoms with Crippen molar-refractivity contribution < 1.29 is 28.7 Å². The number of aliphatic carboxylic acids is 1. The number of benzene rings is 1. The van der Waals surface area contributed by atoms with Crippen LogP contribution in [0.2, 0.25) is 0 Å². The second-order valence-electron chi connectivity index (χ2n) is 7.73. The monoisotopic (exact) mass is 406 g/mol. The summed E-state index contributed by atoms with van der Waals surface area (Å²) in [6, 6.07) is 5.24. The third kappa shape index (κ3) is 5.40. The van der Waals surface area contributed by atoms with Crippen LogP contribution in [-0.2, 0) is 25.3 Å². The standard InChI is InChI=1S/C20H27BO6S/c1-13(22)28-12-16(21-26-19(2,3)20(4,5)27-21)11-15-9-14(10-18(23)24)7-8-17(15)25-6/h7-9,11H,10,12H2,1-6H3,(H,23,24). The fourth-order valence-electron chi connectivity index (χ4n) is 2.74. The van der Waals surface area contributed by atoms with Crippen LogP contribution in [0.15, 0.2) is 23.7 Å². The molecule has 0 bridgehead atoms. The summed E-state index contributed by atoms with van der Waals surface area (Å²) in [6.07, 6.45) is 1.78. The van der Waals surface area contributed by atoms with Crippen LogP contribution in [0.1, 0.15) is 45.7 Å². The Morgan fingerprint density at radius 1 is 1.21 bits per heavy atom. The Morgan fingerprint density at radius 3 is 2.32 bits per heavy atom. The van der Waals surface area contributed by atoms with Crippen LogP contribution < -0.4 is 4.74 Å². The first kappa shape index (κ1) is 22.5. The first-order valence-corrected chi connectivity index (χ1v) is 10.0. The smallest absolute Gasteiger partial charge is 0.491 e. The molecule has 0 spiro atoms. The normalized spacial score (nSPS) is 18.2. The molecule has 6 nitrogen and oxygen atoms in total. The summed E-state index contributed by atoms with van der Waals surface area (Å²) < 4.78 is 17.7. The highest BCUT2D eigenvalue weighted by molar-refractivity contribution is 8.13. The number of hydrogen-bond acceptors (Lipinski definition) is 6. The minimum atomic E-state index is -0.904. The van der Waals surface area contributed by atoms with Gasteiger partial charge in [-0.2, -0.15) is 0 Å². The van der Waals surface area contributed by atoms with Gasteiger partial charge in [0.2, 0.25) is 0 Å². The Hall–Kier alpha value is -1.77. The molecule has 1 aromatic carbocycles. The van der Waals surface area contributed by atoms with Crippen molar-refractivity contribution in [3.63, 3.8) is 0 Å². The molecule has 1 heterocycles. The maximum atomic E-state index is 11.5. The van der Waals surface area contributed by atoms with Crippen LogP contribution in [-0.4, -0.2) is 47.4 Å². The van der Waals surface area contributed by atoms with E-state index in [1.807, 2.05) is 33.8 Å². The van der Waals surface area contributed by atoms with Gasteiger partial charge in [-0.15, -0.1) is 0 Å². The molecule has 0 radical (unpaired) electrons. The van der Waals surface area contributed by atoms with E-state index in [1.54, 1.807) is 25.3 Å². The van der Waals surface area contributed by atoms with Crippen LogP contribution in [0, 0.1) is 0 Å². The Balaban J connectivity index is 2.44. The first-order chi connectivity index (χ1) is 12.9. The van der Waals surface area contributed by atoms with Crippen molar-refractivity contribution in [2.45, 2.75) is 52.2 Å². The largest absolute Gasteiger partial charge is 0.496 e. The number of thioether (sulfide) groups is 1. The number of carboxylic acids is 1. The minimum Gasteiger partial charge on any atom is -0.496 e. The molecule has 152 valence electrons. The van der Waals surface area contributed by atoms with E-state index >= 15 is 0 Å². The minimum absolute atomic E-state index is 0.00555. The Bertz CT molecular complexity index is 771. The van der Waals surface area contributed by atoms with Crippen molar-refractivity contribution >= 4 is 36.0 Å². The average molecular weight is 406 g/mol. The summed E-state index contributed by atoms with van der Waals surface area (Å²) in [4.78, 5) is 22.6. The Labute approximate surface area is 170 Å². The van der Waals surface area contributed by atoms with E-state index in [2.05, 4.69) is 0 Å². The summed E-state index contributed by atoms with van der Waals surface area (Å²) >= 11 is 1.17. The second-order valence-corrected chi connectivity index (χ2v) is 8.89. The fraction of sp³-hybridized carbons (Fsp3) is 0.500. The van der Waals surface area contributed by atoms with Crippen molar-refractivity contribution in [3.05, 3.63) is 34.8 Å². The predicted molar refractivity (Wildman–Crippen MR) is 112 cm³/mol. The topological polar surface area (TPSA) is 82.1 Å². The summed E-state index contributed by atoms with van der Waals surface area (Å²) in [5, 5.41) is 9.07. The average Bonchev–Trinajstić information content (AvgIpc) is 2.78. The van der Waals surface area contributed by atoms with E-state index in [0.717, 1.165) is 11.0 Å². The van der Waals surface area contributed by atoms with Crippen LogP contribution in [0.25, 0.3) is 6.08 Å². The first-order valence-electron chi connectivity index (χ1n) is 9.03. The van der Waals surface area contributed by atoms with Gasteiger partial charge in [0, 0.05) is 18.2 Å². The van der Waals surface area contributed by atoms with Gasteiger partial charge in [-0.3, -0.25) is 9.59 Å². The number of carboxylic acid groups (broad SMARTS) is 1. The van der Waals surface area contributed by atoms with Gasteiger partial charge in [0.1, 0.15) is 5.75 Å². The van der Waals surface area contributed by atoms with Gasteiger partial charge < -0.3 is 19.2 Å². The zero-order chi connectivity index (χ0) is 21.1. The van der Waals surface area contributed by atoms with Crippen LogP contribution in [0.4, 0.5) is 0 Å². The summed E-state index contributed by atoms with van der Waals surface area (Å²) in [6.45, 7) is 9.39. The fourth-order valence-corrected chi connectivity index (χ4v) is 3.33. The molecule has 0 aliphatic carbocycles. The lowest BCUT2D eigenvalue weighted by atomic mass is 9.78. The molecule has 2 rings (SSSR count). The molecule has 0 atom stereocenters. The van der Waals surface area contributed by atoms with E-state index in [4.69, 9.17) is 19.2 Å². The van der Waals surface area contributed by atoms with Crippen LogP contribution in [0.5, 0.6) is 5.75 Å². The van der Waals surface area contributed by atoms with Crippen molar-refractivity contribution in [3.8, 4) is 5.75 Å². The van der Waals surface area contributed by atoms with Crippen molar-refractivity contribution in [1.29, 1.82) is 0 Å². The molecule has 1 N–H and O–H groups in total. The van der Waals surface area contributed by atoms with Gasteiger partial charge in [0.05, 0.1) is 24.7 Å². The van der Waals surface area contributed by atoms with Gasteiger partial charge in [-0.25, -0.2) is 0 Å². The highest BCUT2D eigenvalue weighted by atomic mass is 32.2. The SMILES string of the molecule is COc1ccc(CC(=O)O)cc1C=C(CSC(C)=O)B1OC(C)(C)C(C)(C)O1. The Kier molecular flexibility index (Phi) is 7.01. The highest BCUT2D eigenvalue weighted by Gasteiger charge is 2.52. The van der Waals surface area contributed by atoms with Crippen molar-refractivity contribution in [2.24, 2.45) is 0 Å². The molecule has 0 aromatic heterocycles. The third-order valence-corrected chi connectivity index (χ3v) is 5.87. The summed E-state index contributed by atoms with van der Waals surface area (Å²) in [5.41, 5.74) is 1.14. The van der Waals surface area contributed by atoms with Crippen molar-refractivity contribution in [2.75, 3.05) is 12.9 Å². The molecule has 0 amide bonds. The molecule has 1 aromatic rings. The lowest BCUT2D eigenvalue weighted by Crippen LogP contribution is -2.41. The number of rotatable bonds is 7. The molecular weight excluding hydrogens is 379 g/mol. The van der Waals surface area contributed by atoms with Gasteiger partial charge in [-0.05, 0) is 50.9 Å². The number of methoxy groups -OCH3 is 1.